The van der Waals surface area contributed by atoms with Gasteiger partial charge in [-0.3, -0.25) is 10.1 Å². The molecule has 32 heavy (non-hydrogen) atoms. The first kappa shape index (κ1) is 23.6. The van der Waals surface area contributed by atoms with Gasteiger partial charge in [-0.15, -0.1) is 0 Å². The van der Waals surface area contributed by atoms with Gasteiger partial charge >= 0.3 is 6.09 Å². The number of nitrogens with zero attached hydrogens (tertiary/aromatic N) is 2. The van der Waals surface area contributed by atoms with Crippen LogP contribution in [0.15, 0.2) is 40.9 Å². The van der Waals surface area contributed by atoms with Gasteiger partial charge in [0.1, 0.15) is 17.2 Å². The Balaban J connectivity index is 1.91. The molecule has 0 aromatic heterocycles. The lowest BCUT2D eigenvalue weighted by Crippen LogP contribution is -2.39. The maximum atomic E-state index is 14.0. The third kappa shape index (κ3) is 5.61. The van der Waals surface area contributed by atoms with Gasteiger partial charge in [0.2, 0.25) is 0 Å². The number of hydrogen-bond donors (Lipinski definition) is 0. The largest absolute Gasteiger partial charge is 0.453 e. The van der Waals surface area contributed by atoms with Gasteiger partial charge in [0, 0.05) is 25.2 Å². The minimum atomic E-state index is -0.901. The highest BCUT2D eigenvalue weighted by Crippen LogP contribution is 2.40. The van der Waals surface area contributed by atoms with Gasteiger partial charge in [0.05, 0.1) is 15.0 Å². The van der Waals surface area contributed by atoms with Crippen molar-refractivity contribution in [3.63, 3.8) is 0 Å². The van der Waals surface area contributed by atoms with E-state index in [9.17, 15) is 23.7 Å². The molecule has 1 aliphatic heterocycles. The van der Waals surface area contributed by atoms with Crippen LogP contribution in [0.5, 0.6) is 11.5 Å². The molecule has 0 bridgehead atoms. The molecule has 0 atom stereocenters. The van der Waals surface area contributed by atoms with E-state index in [2.05, 4.69) is 15.9 Å². The fourth-order valence-electron chi connectivity index (χ4n) is 3.11. The number of benzene rings is 2. The predicted molar refractivity (Wildman–Crippen MR) is 118 cm³/mol. The molecule has 2 aromatic carbocycles. The molecule has 170 valence electrons. The highest BCUT2D eigenvalue weighted by atomic mass is 79.9. The summed E-state index contributed by atoms with van der Waals surface area (Å²) in [5.74, 6) is -1.74. The number of amides is 1. The lowest BCUT2D eigenvalue weighted by molar-refractivity contribution is -0.385. The first-order chi connectivity index (χ1) is 14.9. The SMILES string of the molecule is CC(C)(C)OC(=O)N1CC=C(c2cc(Oc3ccc(F)cc3F)c(Br)cc2[N+](=O)[O-])CC1. The Morgan fingerprint density at radius 3 is 2.47 bits per heavy atom. The second kappa shape index (κ2) is 9.23. The second-order valence-corrected chi connectivity index (χ2v) is 8.99. The third-order valence-electron chi connectivity index (χ3n) is 4.57. The Morgan fingerprint density at radius 2 is 1.91 bits per heavy atom. The Bertz CT molecular complexity index is 1100. The predicted octanol–water partition coefficient (Wildman–Crippen LogP) is 6.45. The monoisotopic (exact) mass is 510 g/mol. The molecule has 1 amide bonds. The summed E-state index contributed by atoms with van der Waals surface area (Å²) in [5.41, 5.74) is 0.140. The summed E-state index contributed by atoms with van der Waals surface area (Å²) in [4.78, 5) is 24.9. The molecule has 0 saturated heterocycles. The van der Waals surface area contributed by atoms with Gasteiger partial charge in [-0.1, -0.05) is 6.08 Å². The van der Waals surface area contributed by atoms with Crippen LogP contribution in [0.3, 0.4) is 0 Å². The zero-order chi connectivity index (χ0) is 23.6. The smallest absolute Gasteiger partial charge is 0.410 e. The van der Waals surface area contributed by atoms with Gasteiger partial charge in [0.25, 0.3) is 5.69 Å². The van der Waals surface area contributed by atoms with Crippen molar-refractivity contribution >= 4 is 33.3 Å². The molecule has 7 nitrogen and oxygen atoms in total. The van der Waals surface area contributed by atoms with Crippen LogP contribution in [-0.4, -0.2) is 34.6 Å². The van der Waals surface area contributed by atoms with Crippen molar-refractivity contribution in [1.82, 2.24) is 4.90 Å². The number of ether oxygens (including phenoxy) is 2. The molecule has 3 rings (SSSR count). The molecule has 1 aliphatic rings. The van der Waals surface area contributed by atoms with Crippen molar-refractivity contribution in [2.45, 2.75) is 32.8 Å². The van der Waals surface area contributed by atoms with Gasteiger partial charge in [-0.05, 0) is 66.9 Å². The van der Waals surface area contributed by atoms with Crippen LogP contribution in [0, 0.1) is 21.7 Å². The first-order valence-electron chi connectivity index (χ1n) is 9.73. The summed E-state index contributed by atoms with van der Waals surface area (Å²) in [6, 6.07) is 5.57. The zero-order valence-corrected chi connectivity index (χ0v) is 19.2. The molecule has 1 heterocycles. The standard InChI is InChI=1S/C22H21BrF2N2O5/c1-22(2,3)32-21(28)26-8-6-13(7-9-26)15-11-20(16(23)12-18(15)27(29)30)31-19-5-4-14(24)10-17(19)25/h4-6,10-12H,7-9H2,1-3H3. The minimum absolute atomic E-state index is 0.131. The van der Waals surface area contributed by atoms with Gasteiger partial charge in [0.15, 0.2) is 11.6 Å². The Morgan fingerprint density at radius 1 is 1.19 bits per heavy atom. The van der Waals surface area contributed by atoms with Crippen molar-refractivity contribution < 1.29 is 28.0 Å². The summed E-state index contributed by atoms with van der Waals surface area (Å²) in [6.45, 7) is 5.85. The fraction of sp³-hybridized carbons (Fsp3) is 0.318. The lowest BCUT2D eigenvalue weighted by atomic mass is 9.97. The Labute approximate surface area is 191 Å². The molecule has 10 heteroatoms. The number of rotatable bonds is 4. The van der Waals surface area contributed by atoms with E-state index in [-0.39, 0.29) is 28.2 Å². The van der Waals surface area contributed by atoms with Gasteiger partial charge in [-0.2, -0.15) is 0 Å². The first-order valence-corrected chi connectivity index (χ1v) is 10.5. The quantitative estimate of drug-likeness (QED) is 0.348. The topological polar surface area (TPSA) is 81.9 Å². The summed E-state index contributed by atoms with van der Waals surface area (Å²) < 4.78 is 38.3. The van der Waals surface area contributed by atoms with Crippen molar-refractivity contribution in [2.24, 2.45) is 0 Å². The summed E-state index contributed by atoms with van der Waals surface area (Å²) in [7, 11) is 0. The van der Waals surface area contributed by atoms with Crippen LogP contribution < -0.4 is 4.74 Å². The van der Waals surface area contributed by atoms with Crippen molar-refractivity contribution in [3.05, 3.63) is 68.2 Å². The van der Waals surface area contributed by atoms with E-state index < -0.39 is 28.3 Å². The molecule has 0 aliphatic carbocycles. The molecule has 0 radical (unpaired) electrons. The highest BCUT2D eigenvalue weighted by Gasteiger charge is 2.27. The van der Waals surface area contributed by atoms with Crippen LogP contribution in [0.2, 0.25) is 0 Å². The number of halogens is 3. The second-order valence-electron chi connectivity index (χ2n) is 8.14. The Kier molecular flexibility index (Phi) is 6.82. The summed E-state index contributed by atoms with van der Waals surface area (Å²) >= 11 is 3.21. The number of carbonyl (C=O) groups is 1. The molecular weight excluding hydrogens is 490 g/mol. The normalized spacial score (nSPS) is 14.1. The van der Waals surface area contributed by atoms with E-state index in [1.165, 1.54) is 17.0 Å². The van der Waals surface area contributed by atoms with E-state index in [0.717, 1.165) is 12.1 Å². The average molecular weight is 511 g/mol. The summed E-state index contributed by atoms with van der Waals surface area (Å²) in [5, 5.41) is 11.6. The van der Waals surface area contributed by atoms with Crippen LogP contribution >= 0.6 is 15.9 Å². The highest BCUT2D eigenvalue weighted by molar-refractivity contribution is 9.10. The molecular formula is C22H21BrF2N2O5. The average Bonchev–Trinajstić information content (AvgIpc) is 2.70. The molecule has 0 unspecified atom stereocenters. The van der Waals surface area contributed by atoms with E-state index in [1.54, 1.807) is 26.8 Å². The number of hydrogen-bond acceptors (Lipinski definition) is 5. The third-order valence-corrected chi connectivity index (χ3v) is 5.19. The lowest BCUT2D eigenvalue weighted by Gasteiger charge is -2.29. The van der Waals surface area contributed by atoms with Crippen LogP contribution in [0.1, 0.15) is 32.8 Å². The molecule has 0 spiro atoms. The number of carbonyl (C=O) groups excluding carboxylic acids is 1. The van der Waals surface area contributed by atoms with Crippen LogP contribution in [0.4, 0.5) is 19.3 Å². The zero-order valence-electron chi connectivity index (χ0n) is 17.7. The number of nitro benzene ring substituents is 1. The minimum Gasteiger partial charge on any atom is -0.453 e. The van der Waals surface area contributed by atoms with E-state index in [1.807, 2.05) is 0 Å². The maximum absolute atomic E-state index is 14.0. The van der Waals surface area contributed by atoms with Crippen molar-refractivity contribution in [1.29, 1.82) is 0 Å². The van der Waals surface area contributed by atoms with E-state index in [0.29, 0.717) is 30.2 Å². The summed E-state index contributed by atoms with van der Waals surface area (Å²) in [6.07, 6.45) is 1.60. The van der Waals surface area contributed by atoms with Crippen molar-refractivity contribution in [2.75, 3.05) is 13.1 Å². The molecule has 0 fully saturated rings. The number of nitro groups is 1. The fourth-order valence-corrected chi connectivity index (χ4v) is 3.52. The molecule has 2 aromatic rings. The van der Waals surface area contributed by atoms with E-state index in [4.69, 9.17) is 9.47 Å². The van der Waals surface area contributed by atoms with Crippen LogP contribution in [0.25, 0.3) is 5.57 Å². The van der Waals surface area contributed by atoms with Gasteiger partial charge in [-0.25, -0.2) is 13.6 Å². The van der Waals surface area contributed by atoms with Crippen LogP contribution in [-0.2, 0) is 4.74 Å². The maximum Gasteiger partial charge on any atom is 0.410 e. The van der Waals surface area contributed by atoms with Gasteiger partial charge < -0.3 is 14.4 Å². The molecule has 0 saturated carbocycles. The van der Waals surface area contributed by atoms with Crippen molar-refractivity contribution in [3.8, 4) is 11.5 Å². The Hall–Kier alpha value is -3.01. The molecule has 0 N–H and O–H groups in total. The van der Waals surface area contributed by atoms with E-state index >= 15 is 0 Å².